The van der Waals surface area contributed by atoms with Crippen LogP contribution in [0.4, 0.5) is 0 Å². The lowest BCUT2D eigenvalue weighted by atomic mass is 10.1. The van der Waals surface area contributed by atoms with Crippen LogP contribution in [0.25, 0.3) is 116 Å². The Kier molecular flexibility index (Phi) is 5.03. The van der Waals surface area contributed by atoms with Gasteiger partial charge in [-0.15, -0.1) is 0 Å². The van der Waals surface area contributed by atoms with Gasteiger partial charge in [0.25, 0.3) is 0 Å². The molecule has 0 spiro atoms. The summed E-state index contributed by atoms with van der Waals surface area (Å²) in [5, 5.41) is 9.03. The second-order valence-corrected chi connectivity index (χ2v) is 13.9. The number of benzene rings is 7. The topological polar surface area (TPSA) is 53.4 Å². The van der Waals surface area contributed by atoms with Crippen LogP contribution >= 0.6 is 0 Å². The van der Waals surface area contributed by atoms with Crippen LogP contribution in [0.3, 0.4) is 0 Å². The fourth-order valence-corrected chi connectivity index (χ4v) is 9.02. The zero-order valence-electron chi connectivity index (χ0n) is 28.1. The quantitative estimate of drug-likeness (QED) is 0.183. The van der Waals surface area contributed by atoms with Gasteiger partial charge < -0.3 is 18.0 Å². The van der Waals surface area contributed by atoms with Crippen molar-refractivity contribution in [3.05, 3.63) is 158 Å². The van der Waals surface area contributed by atoms with Crippen molar-refractivity contribution in [2.75, 3.05) is 0 Å². The van der Waals surface area contributed by atoms with Gasteiger partial charge >= 0.3 is 0 Å². The molecule has 0 atom stereocenters. The molecule has 0 N–H and O–H groups in total. The summed E-state index contributed by atoms with van der Waals surface area (Å²) in [6, 6.07) is 55.8. The summed E-state index contributed by atoms with van der Waals surface area (Å²) in [4.78, 5) is 5.26. The largest absolute Gasteiger partial charge is 0.456 e. The van der Waals surface area contributed by atoms with E-state index in [9.17, 15) is 0 Å². The van der Waals surface area contributed by atoms with Crippen molar-refractivity contribution in [2.24, 2.45) is 0 Å². The molecule has 6 aromatic heterocycles. The molecule has 13 aromatic rings. The molecule has 246 valence electrons. The monoisotopic (exact) mass is 678 g/mol. The van der Waals surface area contributed by atoms with Crippen LogP contribution in [-0.4, -0.2) is 18.5 Å². The van der Waals surface area contributed by atoms with Crippen molar-refractivity contribution < 1.29 is 8.83 Å². The number of hydrogen-bond acceptors (Lipinski definition) is 3. The van der Waals surface area contributed by atoms with Gasteiger partial charge in [0.15, 0.2) is 5.65 Å². The first kappa shape index (κ1) is 27.4. The first-order valence-electron chi connectivity index (χ1n) is 17.9. The SMILES string of the molecule is c1ccc2c(c1)nc1c3c4ccccc4n(-c4ccc5c(c4)c4ccccc4n5-c4ccc5oc6ccccc6c5c4)c3c3c4ccccc4oc3n21. The van der Waals surface area contributed by atoms with Gasteiger partial charge in [0.05, 0.1) is 43.9 Å². The van der Waals surface area contributed by atoms with Crippen LogP contribution in [0.5, 0.6) is 0 Å². The minimum absolute atomic E-state index is 0.797. The van der Waals surface area contributed by atoms with Crippen LogP contribution < -0.4 is 0 Å². The Hall–Kier alpha value is -7.31. The van der Waals surface area contributed by atoms with E-state index in [1.165, 1.54) is 10.8 Å². The lowest BCUT2D eigenvalue weighted by Crippen LogP contribution is -1.97. The van der Waals surface area contributed by atoms with Gasteiger partial charge in [0, 0.05) is 43.7 Å². The van der Waals surface area contributed by atoms with E-state index in [-0.39, 0.29) is 0 Å². The van der Waals surface area contributed by atoms with Crippen LogP contribution in [0.2, 0.25) is 0 Å². The number of para-hydroxylation sites is 6. The molecule has 6 heterocycles. The van der Waals surface area contributed by atoms with Crippen LogP contribution in [-0.2, 0) is 0 Å². The summed E-state index contributed by atoms with van der Waals surface area (Å²) in [6.07, 6.45) is 0. The highest BCUT2D eigenvalue weighted by Crippen LogP contribution is 2.45. The maximum atomic E-state index is 6.76. The number of hydrogen-bond donors (Lipinski definition) is 0. The highest BCUT2D eigenvalue weighted by atomic mass is 16.3. The van der Waals surface area contributed by atoms with Gasteiger partial charge in [-0.3, -0.25) is 4.40 Å². The van der Waals surface area contributed by atoms with E-state index in [1.807, 2.05) is 24.3 Å². The molecular formula is C47H26N4O2. The molecule has 0 bridgehead atoms. The number of imidazole rings is 1. The van der Waals surface area contributed by atoms with E-state index in [0.29, 0.717) is 0 Å². The molecule has 6 nitrogen and oxygen atoms in total. The molecule has 0 aliphatic carbocycles. The number of fused-ring (bicyclic) bond motifs is 18. The molecule has 53 heavy (non-hydrogen) atoms. The predicted molar refractivity (Wildman–Crippen MR) is 216 cm³/mol. The van der Waals surface area contributed by atoms with Crippen molar-refractivity contribution in [2.45, 2.75) is 0 Å². The fraction of sp³-hybridized carbons (Fsp3) is 0. The Morgan fingerprint density at radius 3 is 1.83 bits per heavy atom. The molecule has 7 aromatic carbocycles. The number of furan rings is 2. The van der Waals surface area contributed by atoms with E-state index < -0.39 is 0 Å². The molecule has 13 rings (SSSR count). The minimum atomic E-state index is 0.797. The van der Waals surface area contributed by atoms with Crippen molar-refractivity contribution in [1.29, 1.82) is 0 Å². The van der Waals surface area contributed by atoms with Gasteiger partial charge in [-0.25, -0.2) is 4.98 Å². The lowest BCUT2D eigenvalue weighted by Gasteiger charge is -2.11. The van der Waals surface area contributed by atoms with Crippen molar-refractivity contribution in [3.63, 3.8) is 0 Å². The Labute approximate surface area is 299 Å². The van der Waals surface area contributed by atoms with E-state index in [2.05, 4.69) is 147 Å². The molecule has 0 amide bonds. The number of nitrogens with zero attached hydrogens (tertiary/aromatic N) is 4. The van der Waals surface area contributed by atoms with Crippen molar-refractivity contribution in [3.8, 4) is 11.4 Å². The number of aromatic nitrogens is 4. The Morgan fingerprint density at radius 2 is 0.981 bits per heavy atom. The van der Waals surface area contributed by atoms with E-state index >= 15 is 0 Å². The minimum Gasteiger partial charge on any atom is -0.456 e. The standard InChI is InChI=1S/C47H26N4O2/c1-6-16-36-29(11-1)33-25-28(21-23-38(33)49(36)27-22-24-42-34(26-27)30-12-3-9-19-40(30)52-42)50-37-17-7-2-13-31(37)43-45(50)44-32-14-4-10-20-41(32)53-47(44)51-39-18-8-5-15-35(39)48-46(43)51/h1-26H. The summed E-state index contributed by atoms with van der Waals surface area (Å²) in [5.41, 5.74) is 13.0. The highest BCUT2D eigenvalue weighted by molar-refractivity contribution is 6.28. The summed E-state index contributed by atoms with van der Waals surface area (Å²) in [5.74, 6) is 0. The second-order valence-electron chi connectivity index (χ2n) is 13.9. The van der Waals surface area contributed by atoms with Gasteiger partial charge in [-0.1, -0.05) is 84.9 Å². The summed E-state index contributed by atoms with van der Waals surface area (Å²) in [6.45, 7) is 0. The van der Waals surface area contributed by atoms with E-state index in [0.717, 1.165) is 105 Å². The maximum Gasteiger partial charge on any atom is 0.216 e. The van der Waals surface area contributed by atoms with E-state index in [4.69, 9.17) is 13.8 Å². The first-order chi connectivity index (χ1) is 26.3. The van der Waals surface area contributed by atoms with Gasteiger partial charge in [-0.2, -0.15) is 0 Å². The third kappa shape index (κ3) is 3.45. The normalized spacial score (nSPS) is 12.5. The van der Waals surface area contributed by atoms with Crippen molar-refractivity contribution >= 4 is 104 Å². The summed E-state index contributed by atoms with van der Waals surface area (Å²) < 4.78 is 20.0. The Morgan fingerprint density at radius 1 is 0.396 bits per heavy atom. The molecule has 0 unspecified atom stereocenters. The number of pyridine rings is 1. The zero-order valence-corrected chi connectivity index (χ0v) is 28.1. The van der Waals surface area contributed by atoms with Gasteiger partial charge in [0.1, 0.15) is 16.7 Å². The molecule has 0 aliphatic heterocycles. The fourth-order valence-electron chi connectivity index (χ4n) is 9.02. The Balaban J connectivity index is 1.16. The van der Waals surface area contributed by atoms with Crippen LogP contribution in [0.1, 0.15) is 0 Å². The summed E-state index contributed by atoms with van der Waals surface area (Å²) >= 11 is 0. The molecule has 0 saturated carbocycles. The van der Waals surface area contributed by atoms with Crippen LogP contribution in [0, 0.1) is 0 Å². The first-order valence-corrected chi connectivity index (χ1v) is 17.9. The molecule has 0 aliphatic rings. The van der Waals surface area contributed by atoms with E-state index in [1.54, 1.807) is 0 Å². The smallest absolute Gasteiger partial charge is 0.216 e. The van der Waals surface area contributed by atoms with Crippen LogP contribution in [0.15, 0.2) is 167 Å². The molecule has 6 heteroatoms. The summed E-state index contributed by atoms with van der Waals surface area (Å²) in [7, 11) is 0. The maximum absolute atomic E-state index is 6.76. The Bertz CT molecular complexity index is 3670. The average molecular weight is 679 g/mol. The average Bonchev–Trinajstić information content (AvgIpc) is 4.01. The number of rotatable bonds is 2. The molecule has 0 radical (unpaired) electrons. The highest BCUT2D eigenvalue weighted by Gasteiger charge is 2.26. The zero-order chi connectivity index (χ0) is 34.4. The van der Waals surface area contributed by atoms with Gasteiger partial charge in [-0.05, 0) is 72.8 Å². The third-order valence-electron chi connectivity index (χ3n) is 11.2. The van der Waals surface area contributed by atoms with Crippen molar-refractivity contribution in [1.82, 2.24) is 18.5 Å². The van der Waals surface area contributed by atoms with Gasteiger partial charge in [0.2, 0.25) is 5.71 Å². The lowest BCUT2D eigenvalue weighted by molar-refractivity contribution is 0.650. The predicted octanol–water partition coefficient (Wildman–Crippen LogP) is 12.5. The molecule has 0 saturated heterocycles. The second kappa shape index (κ2) is 9.72. The third-order valence-corrected chi connectivity index (χ3v) is 11.2. The molecular weight excluding hydrogens is 653 g/mol. The molecule has 0 fully saturated rings.